The monoisotopic (exact) mass is 265 g/mol. The third-order valence-corrected chi connectivity index (χ3v) is 20.0. The van der Waals surface area contributed by atoms with Gasteiger partial charge in [-0.1, -0.05) is 0 Å². The van der Waals surface area contributed by atoms with Crippen molar-refractivity contribution in [2.75, 3.05) is 6.54 Å². The van der Waals surface area contributed by atoms with Crippen LogP contribution < -0.4 is 5.73 Å². The van der Waals surface area contributed by atoms with Crippen LogP contribution in [0.4, 0.5) is 0 Å². The van der Waals surface area contributed by atoms with Crippen LogP contribution in [0, 0.1) is 0 Å². The molecule has 2 heteroatoms. The Morgan fingerprint density at radius 1 is 1.00 bits per heavy atom. The number of hydrogen-bond acceptors (Lipinski definition) is 1. The van der Waals surface area contributed by atoms with Gasteiger partial charge in [0.05, 0.1) is 0 Å². The van der Waals surface area contributed by atoms with E-state index in [0.717, 1.165) is 6.54 Å². The van der Waals surface area contributed by atoms with Gasteiger partial charge in [-0.15, -0.1) is 0 Å². The predicted octanol–water partition coefficient (Wildman–Crippen LogP) is 2.84. The van der Waals surface area contributed by atoms with Gasteiger partial charge in [0.2, 0.25) is 0 Å². The molecule has 0 aromatic rings. The van der Waals surface area contributed by atoms with Gasteiger partial charge in [-0.2, -0.15) is 0 Å². The SMILES string of the molecule is C[CH2][Sn]([CH2]C)([CH2]C)[CH2]CCN. The zero-order valence-corrected chi connectivity index (χ0v) is 11.2. The summed E-state index contributed by atoms with van der Waals surface area (Å²) in [4.78, 5) is 0. The number of hydrogen-bond donors (Lipinski definition) is 1. The minimum atomic E-state index is -1.54. The molecule has 0 rings (SSSR count). The normalized spacial score (nSPS) is 12.0. The standard InChI is InChI=1S/C3H8N.3C2H5.Sn/c1-2-3-4;3*1-2;/h1-4H2;3*1H2,2H3;. The molecule has 0 saturated heterocycles. The fourth-order valence-electron chi connectivity index (χ4n) is 1.76. The Kier molecular flexibility index (Phi) is 6.73. The Morgan fingerprint density at radius 2 is 1.45 bits per heavy atom. The van der Waals surface area contributed by atoms with Gasteiger partial charge < -0.3 is 0 Å². The minimum absolute atomic E-state index is 0.901. The summed E-state index contributed by atoms with van der Waals surface area (Å²) < 4.78 is 6.07. The first-order chi connectivity index (χ1) is 5.24. The van der Waals surface area contributed by atoms with E-state index in [1.54, 1.807) is 0 Å². The van der Waals surface area contributed by atoms with Gasteiger partial charge in [-0.05, 0) is 0 Å². The molecule has 0 aromatic carbocycles. The van der Waals surface area contributed by atoms with E-state index < -0.39 is 18.4 Å². The van der Waals surface area contributed by atoms with Crippen molar-refractivity contribution in [2.45, 2.75) is 44.9 Å². The van der Waals surface area contributed by atoms with Crippen LogP contribution >= 0.6 is 0 Å². The second-order valence-electron chi connectivity index (χ2n) is 3.45. The zero-order chi connectivity index (χ0) is 8.74. The van der Waals surface area contributed by atoms with Crippen molar-refractivity contribution >= 4 is 18.4 Å². The molecule has 0 aliphatic carbocycles. The maximum atomic E-state index is 5.53. The molecule has 0 aromatic heterocycles. The van der Waals surface area contributed by atoms with Gasteiger partial charge in [0.25, 0.3) is 0 Å². The Hall–Kier alpha value is 0.759. The number of rotatable bonds is 6. The van der Waals surface area contributed by atoms with E-state index in [0.29, 0.717) is 0 Å². The first-order valence-corrected chi connectivity index (χ1v) is 13.0. The van der Waals surface area contributed by atoms with Gasteiger partial charge in [0.15, 0.2) is 0 Å². The molecule has 0 saturated carbocycles. The predicted molar refractivity (Wildman–Crippen MR) is 55.7 cm³/mol. The molecule has 0 amide bonds. The zero-order valence-electron chi connectivity index (χ0n) is 8.32. The van der Waals surface area contributed by atoms with Crippen LogP contribution in [0.25, 0.3) is 0 Å². The number of nitrogens with two attached hydrogens (primary N) is 1. The summed E-state index contributed by atoms with van der Waals surface area (Å²) in [5.74, 6) is 0. The van der Waals surface area contributed by atoms with Crippen LogP contribution in [-0.4, -0.2) is 24.9 Å². The Morgan fingerprint density at radius 3 is 1.73 bits per heavy atom. The first-order valence-electron chi connectivity index (χ1n) is 4.94. The van der Waals surface area contributed by atoms with E-state index in [4.69, 9.17) is 5.73 Å². The molecule has 0 fully saturated rings. The van der Waals surface area contributed by atoms with Crippen LogP contribution in [0.1, 0.15) is 27.2 Å². The molecule has 0 radical (unpaired) electrons. The Balaban J connectivity index is 3.84. The summed E-state index contributed by atoms with van der Waals surface area (Å²) in [6.45, 7) is 8.07. The van der Waals surface area contributed by atoms with Crippen LogP contribution in [0.5, 0.6) is 0 Å². The summed E-state index contributed by atoms with van der Waals surface area (Å²) in [7, 11) is 0. The van der Waals surface area contributed by atoms with Gasteiger partial charge in [0.1, 0.15) is 0 Å². The molecular weight excluding hydrogens is 241 g/mol. The molecular formula is C9H23NSn. The molecule has 11 heavy (non-hydrogen) atoms. The fraction of sp³-hybridized carbons (Fsp3) is 1.00. The average molecular weight is 264 g/mol. The van der Waals surface area contributed by atoms with Crippen LogP contribution in [0.3, 0.4) is 0 Å². The third-order valence-electron chi connectivity index (χ3n) is 3.16. The molecule has 0 heterocycles. The molecule has 0 aliphatic rings. The van der Waals surface area contributed by atoms with Gasteiger partial charge in [-0.25, -0.2) is 0 Å². The average Bonchev–Trinajstić information content (AvgIpc) is 2.08. The Bertz CT molecular complexity index is 81.3. The van der Waals surface area contributed by atoms with Crippen LogP contribution in [0.2, 0.25) is 17.7 Å². The van der Waals surface area contributed by atoms with Crippen molar-refractivity contribution in [2.24, 2.45) is 5.73 Å². The fourth-order valence-corrected chi connectivity index (χ4v) is 11.8. The van der Waals surface area contributed by atoms with Crippen molar-refractivity contribution in [1.82, 2.24) is 0 Å². The topological polar surface area (TPSA) is 26.0 Å². The van der Waals surface area contributed by atoms with Gasteiger partial charge in [-0.3, -0.25) is 0 Å². The molecule has 1 nitrogen and oxygen atoms in total. The molecule has 2 N–H and O–H groups in total. The molecule has 0 bridgehead atoms. The summed E-state index contributed by atoms with van der Waals surface area (Å²) in [6, 6.07) is 0. The molecule has 0 spiro atoms. The van der Waals surface area contributed by atoms with Gasteiger partial charge in [0, 0.05) is 0 Å². The molecule has 0 unspecified atom stereocenters. The maximum absolute atomic E-state index is 5.53. The quantitative estimate of drug-likeness (QED) is 0.733. The molecule has 0 aliphatic heterocycles. The summed E-state index contributed by atoms with van der Waals surface area (Å²) in [5.41, 5.74) is 5.53. The van der Waals surface area contributed by atoms with E-state index in [-0.39, 0.29) is 0 Å². The van der Waals surface area contributed by atoms with Crippen molar-refractivity contribution in [1.29, 1.82) is 0 Å². The second-order valence-corrected chi connectivity index (χ2v) is 19.5. The van der Waals surface area contributed by atoms with Crippen molar-refractivity contribution in [3.8, 4) is 0 Å². The van der Waals surface area contributed by atoms with E-state index in [9.17, 15) is 0 Å². The molecule has 0 atom stereocenters. The van der Waals surface area contributed by atoms with Crippen LogP contribution in [0.15, 0.2) is 0 Å². The molecule has 68 valence electrons. The van der Waals surface area contributed by atoms with E-state index >= 15 is 0 Å². The van der Waals surface area contributed by atoms with Gasteiger partial charge >= 0.3 is 75.6 Å². The van der Waals surface area contributed by atoms with Crippen molar-refractivity contribution in [3.05, 3.63) is 0 Å². The summed E-state index contributed by atoms with van der Waals surface area (Å²) in [5, 5.41) is 0. The van der Waals surface area contributed by atoms with E-state index in [1.165, 1.54) is 24.2 Å². The second kappa shape index (κ2) is 6.29. The summed E-state index contributed by atoms with van der Waals surface area (Å²) >= 11 is -1.54. The Labute approximate surface area is 75.6 Å². The van der Waals surface area contributed by atoms with Crippen molar-refractivity contribution < 1.29 is 0 Å². The van der Waals surface area contributed by atoms with E-state index in [1.807, 2.05) is 0 Å². The summed E-state index contributed by atoms with van der Waals surface area (Å²) in [6.07, 6.45) is 1.28. The van der Waals surface area contributed by atoms with Crippen LogP contribution in [-0.2, 0) is 0 Å². The third kappa shape index (κ3) is 3.79. The van der Waals surface area contributed by atoms with Crippen molar-refractivity contribution in [3.63, 3.8) is 0 Å². The van der Waals surface area contributed by atoms with E-state index in [2.05, 4.69) is 20.8 Å². The first kappa shape index (κ1) is 11.8.